The number of hydrogen-bond donors (Lipinski definition) is 1. The summed E-state index contributed by atoms with van der Waals surface area (Å²) < 4.78 is 7.72. The SMILES string of the molecule is Cc1ccc(OC2CCC(NC(=O)c3cccc(-n4cccn4)c3)CC2)nc1. The molecule has 0 aliphatic heterocycles. The van der Waals surface area contributed by atoms with Gasteiger partial charge in [-0.15, -0.1) is 0 Å². The van der Waals surface area contributed by atoms with Crippen LogP contribution in [0.5, 0.6) is 5.88 Å². The first-order chi connectivity index (χ1) is 13.7. The summed E-state index contributed by atoms with van der Waals surface area (Å²) in [6.07, 6.45) is 9.19. The largest absolute Gasteiger partial charge is 0.474 e. The van der Waals surface area contributed by atoms with Crippen molar-refractivity contribution < 1.29 is 9.53 Å². The molecule has 6 heteroatoms. The number of benzene rings is 1. The normalized spacial score (nSPS) is 19.2. The Labute approximate surface area is 164 Å². The second kappa shape index (κ2) is 8.25. The van der Waals surface area contributed by atoms with Gasteiger partial charge in [-0.3, -0.25) is 4.79 Å². The quantitative estimate of drug-likeness (QED) is 0.737. The van der Waals surface area contributed by atoms with Crippen LogP contribution in [-0.2, 0) is 0 Å². The molecule has 6 nitrogen and oxygen atoms in total. The van der Waals surface area contributed by atoms with Gasteiger partial charge in [-0.2, -0.15) is 5.10 Å². The highest BCUT2D eigenvalue weighted by molar-refractivity contribution is 5.94. The van der Waals surface area contributed by atoms with Crippen molar-refractivity contribution in [1.29, 1.82) is 0 Å². The fourth-order valence-corrected chi connectivity index (χ4v) is 3.50. The zero-order valence-corrected chi connectivity index (χ0v) is 15.9. The van der Waals surface area contributed by atoms with Crippen LogP contribution in [-0.4, -0.2) is 32.8 Å². The van der Waals surface area contributed by atoms with Crippen molar-refractivity contribution in [3.05, 3.63) is 72.2 Å². The molecule has 0 spiro atoms. The molecule has 1 aromatic carbocycles. The Bertz CT molecular complexity index is 914. The molecule has 28 heavy (non-hydrogen) atoms. The Morgan fingerprint density at radius 2 is 2.00 bits per heavy atom. The second-order valence-electron chi connectivity index (χ2n) is 7.24. The molecule has 1 amide bonds. The third kappa shape index (κ3) is 4.39. The molecule has 0 saturated heterocycles. The van der Waals surface area contributed by atoms with Crippen molar-refractivity contribution in [1.82, 2.24) is 20.1 Å². The molecule has 1 saturated carbocycles. The monoisotopic (exact) mass is 376 g/mol. The van der Waals surface area contributed by atoms with Crippen LogP contribution in [0.2, 0.25) is 0 Å². The van der Waals surface area contributed by atoms with Crippen molar-refractivity contribution in [3.63, 3.8) is 0 Å². The first-order valence-corrected chi connectivity index (χ1v) is 9.67. The third-order valence-electron chi connectivity index (χ3n) is 5.06. The van der Waals surface area contributed by atoms with Gasteiger partial charge in [-0.25, -0.2) is 9.67 Å². The lowest BCUT2D eigenvalue weighted by Gasteiger charge is -2.29. The fourth-order valence-electron chi connectivity index (χ4n) is 3.50. The molecule has 1 aliphatic rings. The number of aryl methyl sites for hydroxylation is 1. The molecular formula is C22H24N4O2. The number of ether oxygens (including phenoxy) is 1. The summed E-state index contributed by atoms with van der Waals surface area (Å²) in [7, 11) is 0. The summed E-state index contributed by atoms with van der Waals surface area (Å²) in [5.74, 6) is 0.632. The van der Waals surface area contributed by atoms with E-state index in [9.17, 15) is 4.79 Å². The van der Waals surface area contributed by atoms with Gasteiger partial charge in [0.25, 0.3) is 5.91 Å². The molecular weight excluding hydrogens is 352 g/mol. The van der Waals surface area contributed by atoms with Gasteiger partial charge in [0.1, 0.15) is 6.10 Å². The second-order valence-corrected chi connectivity index (χ2v) is 7.24. The molecule has 144 valence electrons. The van der Waals surface area contributed by atoms with E-state index >= 15 is 0 Å². The average molecular weight is 376 g/mol. The van der Waals surface area contributed by atoms with Crippen molar-refractivity contribution in [2.75, 3.05) is 0 Å². The summed E-state index contributed by atoms with van der Waals surface area (Å²) >= 11 is 0. The Morgan fingerprint density at radius 1 is 1.14 bits per heavy atom. The molecule has 0 atom stereocenters. The minimum atomic E-state index is -0.0430. The van der Waals surface area contributed by atoms with E-state index in [0.29, 0.717) is 11.4 Å². The van der Waals surface area contributed by atoms with Gasteiger partial charge in [-0.1, -0.05) is 12.1 Å². The van der Waals surface area contributed by atoms with Gasteiger partial charge in [0.05, 0.1) is 5.69 Å². The molecule has 1 N–H and O–H groups in total. The summed E-state index contributed by atoms with van der Waals surface area (Å²) in [5, 5.41) is 7.38. The van der Waals surface area contributed by atoms with E-state index in [1.165, 1.54) is 0 Å². The number of hydrogen-bond acceptors (Lipinski definition) is 4. The molecule has 0 radical (unpaired) electrons. The van der Waals surface area contributed by atoms with Gasteiger partial charge in [0.2, 0.25) is 5.88 Å². The van der Waals surface area contributed by atoms with E-state index < -0.39 is 0 Å². The Morgan fingerprint density at radius 3 is 2.71 bits per heavy atom. The number of nitrogens with one attached hydrogen (secondary N) is 1. The minimum absolute atomic E-state index is 0.0430. The van der Waals surface area contributed by atoms with Crippen molar-refractivity contribution in [2.24, 2.45) is 0 Å². The zero-order valence-electron chi connectivity index (χ0n) is 15.9. The first-order valence-electron chi connectivity index (χ1n) is 9.67. The van der Waals surface area contributed by atoms with Crippen LogP contribution in [0.25, 0.3) is 5.69 Å². The molecule has 0 bridgehead atoms. The highest BCUT2D eigenvalue weighted by Crippen LogP contribution is 2.23. The molecule has 2 aromatic heterocycles. The van der Waals surface area contributed by atoms with E-state index in [-0.39, 0.29) is 18.1 Å². The Hall–Kier alpha value is -3.15. The minimum Gasteiger partial charge on any atom is -0.474 e. The van der Waals surface area contributed by atoms with E-state index in [0.717, 1.165) is 36.9 Å². The van der Waals surface area contributed by atoms with Crippen LogP contribution in [0.1, 0.15) is 41.6 Å². The standard InChI is InChI=1S/C22H24N4O2/c1-16-6-11-21(23-15-16)28-20-9-7-18(8-10-20)25-22(27)17-4-2-5-19(14-17)26-13-3-12-24-26/h2-6,11-15,18,20H,7-10H2,1H3,(H,25,27). The number of rotatable bonds is 5. The zero-order chi connectivity index (χ0) is 19.3. The number of pyridine rings is 1. The van der Waals surface area contributed by atoms with E-state index in [1.54, 1.807) is 10.9 Å². The lowest BCUT2D eigenvalue weighted by atomic mass is 9.92. The van der Waals surface area contributed by atoms with Crippen LogP contribution in [0.4, 0.5) is 0 Å². The fraction of sp³-hybridized carbons (Fsp3) is 0.318. The first kappa shape index (κ1) is 18.2. The Kier molecular flexibility index (Phi) is 5.37. The van der Waals surface area contributed by atoms with Crippen LogP contribution < -0.4 is 10.1 Å². The molecule has 0 unspecified atom stereocenters. The van der Waals surface area contributed by atoms with Crippen molar-refractivity contribution >= 4 is 5.91 Å². The Balaban J connectivity index is 1.30. The summed E-state index contributed by atoms with van der Waals surface area (Å²) in [4.78, 5) is 17.0. The highest BCUT2D eigenvalue weighted by atomic mass is 16.5. The van der Waals surface area contributed by atoms with Gasteiger partial charge in [-0.05, 0) is 62.4 Å². The van der Waals surface area contributed by atoms with Gasteiger partial charge < -0.3 is 10.1 Å². The number of amides is 1. The summed E-state index contributed by atoms with van der Waals surface area (Å²) in [6.45, 7) is 2.01. The number of nitrogens with zero attached hydrogens (tertiary/aromatic N) is 3. The van der Waals surface area contributed by atoms with Crippen molar-refractivity contribution in [2.45, 2.75) is 44.8 Å². The number of carbonyl (C=O) groups excluding carboxylic acids is 1. The predicted molar refractivity (Wildman–Crippen MR) is 107 cm³/mol. The topological polar surface area (TPSA) is 69.0 Å². The van der Waals surface area contributed by atoms with Gasteiger partial charge >= 0.3 is 0 Å². The highest BCUT2D eigenvalue weighted by Gasteiger charge is 2.24. The summed E-state index contributed by atoms with van der Waals surface area (Å²) in [6, 6.07) is 13.5. The molecule has 3 aromatic rings. The maximum atomic E-state index is 12.7. The average Bonchev–Trinajstić information content (AvgIpc) is 3.26. The maximum absolute atomic E-state index is 12.7. The lowest BCUT2D eigenvalue weighted by Crippen LogP contribution is -2.39. The molecule has 1 aliphatic carbocycles. The van der Waals surface area contributed by atoms with E-state index in [4.69, 9.17) is 4.74 Å². The number of aromatic nitrogens is 3. The van der Waals surface area contributed by atoms with Gasteiger partial charge in [0.15, 0.2) is 0 Å². The smallest absolute Gasteiger partial charge is 0.251 e. The van der Waals surface area contributed by atoms with Crippen molar-refractivity contribution in [3.8, 4) is 11.6 Å². The predicted octanol–water partition coefficient (Wildman–Crippen LogP) is 3.70. The van der Waals surface area contributed by atoms with Gasteiger partial charge in [0, 0.05) is 36.3 Å². The summed E-state index contributed by atoms with van der Waals surface area (Å²) in [5.41, 5.74) is 2.64. The molecule has 2 heterocycles. The van der Waals surface area contributed by atoms with Crippen LogP contribution in [0, 0.1) is 6.92 Å². The van der Waals surface area contributed by atoms with E-state index in [2.05, 4.69) is 15.4 Å². The molecule has 4 rings (SSSR count). The maximum Gasteiger partial charge on any atom is 0.251 e. The lowest BCUT2D eigenvalue weighted by molar-refractivity contribution is 0.0890. The third-order valence-corrected chi connectivity index (χ3v) is 5.06. The van der Waals surface area contributed by atoms with Crippen LogP contribution >= 0.6 is 0 Å². The number of carbonyl (C=O) groups is 1. The van der Waals surface area contributed by atoms with Crippen LogP contribution in [0.15, 0.2) is 61.1 Å². The van der Waals surface area contributed by atoms with E-state index in [1.807, 2.05) is 61.8 Å². The van der Waals surface area contributed by atoms with Crippen LogP contribution in [0.3, 0.4) is 0 Å². The molecule has 1 fully saturated rings.